The summed E-state index contributed by atoms with van der Waals surface area (Å²) in [5.74, 6) is 0. The van der Waals surface area contributed by atoms with Crippen molar-refractivity contribution in [1.29, 1.82) is 0 Å². The van der Waals surface area contributed by atoms with Crippen molar-refractivity contribution in [3.05, 3.63) is 206 Å². The summed E-state index contributed by atoms with van der Waals surface area (Å²) in [4.78, 5) is 0. The van der Waals surface area contributed by atoms with E-state index >= 15 is 0 Å². The number of nitrogens with zero attached hydrogens (tertiary/aromatic N) is 2. The lowest BCUT2D eigenvalue weighted by Crippen LogP contribution is -1.96. The van der Waals surface area contributed by atoms with Crippen LogP contribution in [0.3, 0.4) is 0 Å². The van der Waals surface area contributed by atoms with E-state index in [0.717, 1.165) is 11.4 Å². The van der Waals surface area contributed by atoms with Crippen molar-refractivity contribution in [2.24, 2.45) is 0 Å². The highest BCUT2D eigenvalue weighted by atomic mass is 15.0. The topological polar surface area (TPSA) is 9.86 Å². The fourth-order valence-corrected chi connectivity index (χ4v) is 9.51. The Morgan fingerprint density at radius 3 is 1.45 bits per heavy atom. The van der Waals surface area contributed by atoms with E-state index < -0.39 is 0 Å². The number of aromatic nitrogens is 2. The molecule has 0 aliphatic rings. The number of benzene rings is 10. The first-order valence-electron chi connectivity index (χ1n) is 19.4. The van der Waals surface area contributed by atoms with Crippen molar-refractivity contribution in [2.75, 3.05) is 0 Å². The monoisotopic (exact) mass is 710 g/mol. The molecule has 0 bridgehead atoms. The van der Waals surface area contributed by atoms with E-state index in [4.69, 9.17) is 0 Å². The number of rotatable bonds is 4. The summed E-state index contributed by atoms with van der Waals surface area (Å²) >= 11 is 0. The first-order valence-corrected chi connectivity index (χ1v) is 19.4. The number of para-hydroxylation sites is 3. The molecular weight excluding hydrogens is 677 g/mol. The molecule has 2 nitrogen and oxygen atoms in total. The molecule has 10 aromatic carbocycles. The van der Waals surface area contributed by atoms with Gasteiger partial charge >= 0.3 is 0 Å². The molecule has 2 aromatic heterocycles. The van der Waals surface area contributed by atoms with E-state index in [1.165, 1.54) is 98.2 Å². The van der Waals surface area contributed by atoms with E-state index in [1.807, 2.05) is 0 Å². The van der Waals surface area contributed by atoms with Gasteiger partial charge in [-0.05, 0) is 103 Å². The van der Waals surface area contributed by atoms with Crippen LogP contribution >= 0.6 is 0 Å². The van der Waals surface area contributed by atoms with Gasteiger partial charge in [0.25, 0.3) is 0 Å². The van der Waals surface area contributed by atoms with Crippen molar-refractivity contribution in [1.82, 2.24) is 9.13 Å². The van der Waals surface area contributed by atoms with Gasteiger partial charge in [-0.1, -0.05) is 158 Å². The van der Waals surface area contributed by atoms with E-state index in [1.54, 1.807) is 0 Å². The Hall–Kier alpha value is -7.42. The van der Waals surface area contributed by atoms with Crippen molar-refractivity contribution < 1.29 is 0 Å². The highest BCUT2D eigenvalue weighted by molar-refractivity contribution is 6.28. The van der Waals surface area contributed by atoms with E-state index in [9.17, 15) is 0 Å². The lowest BCUT2D eigenvalue weighted by Gasteiger charge is -2.19. The molecule has 260 valence electrons. The Morgan fingerprint density at radius 1 is 0.250 bits per heavy atom. The maximum atomic E-state index is 2.47. The van der Waals surface area contributed by atoms with Crippen LogP contribution in [0.5, 0.6) is 0 Å². The first-order chi connectivity index (χ1) is 27.8. The summed E-state index contributed by atoms with van der Waals surface area (Å²) in [5.41, 5.74) is 12.1. The molecule has 2 heterocycles. The minimum atomic E-state index is 1.14. The number of hydrogen-bond acceptors (Lipinski definition) is 0. The van der Waals surface area contributed by atoms with Gasteiger partial charge < -0.3 is 9.13 Å². The van der Waals surface area contributed by atoms with Crippen molar-refractivity contribution >= 4 is 75.9 Å². The Morgan fingerprint density at radius 2 is 0.750 bits per heavy atom. The Bertz CT molecular complexity index is 3500. The molecule has 0 spiro atoms. The third-order valence-electron chi connectivity index (χ3n) is 11.9. The fraction of sp³-hybridized carbons (Fsp3) is 0. The van der Waals surface area contributed by atoms with Gasteiger partial charge in [-0.15, -0.1) is 0 Å². The SMILES string of the molecule is c1ccc(-c2c3ccccc3c(-c3ccc4c5cc6c7ccccc7n(-c7ccccc7)c6cc5n(-c5ccccc5)c4c3)c3ccc4ccccc4c23)cc1. The normalized spacial score (nSPS) is 11.9. The second kappa shape index (κ2) is 12.0. The van der Waals surface area contributed by atoms with Gasteiger partial charge in [0.05, 0.1) is 22.1 Å². The zero-order chi connectivity index (χ0) is 36.7. The summed E-state index contributed by atoms with van der Waals surface area (Å²) in [6.45, 7) is 0. The standard InChI is InChI=1S/C54H34N2/c1-4-17-36(18-5-1)53-44-26-13-12-25-43(44)52(45-31-28-35-16-10-11-23-40(35)54(45)53)37-29-30-42-47-33-46-41-24-14-15-27-48(41)55(38-19-6-2-7-20-38)50(46)34-51(47)56(49(42)32-37)39-21-8-3-9-22-39/h1-34H. The lowest BCUT2D eigenvalue weighted by atomic mass is 9.84. The molecule has 0 fully saturated rings. The van der Waals surface area contributed by atoms with Gasteiger partial charge in [0.2, 0.25) is 0 Å². The number of fused-ring (bicyclic) bond motifs is 10. The molecule has 0 aliphatic carbocycles. The van der Waals surface area contributed by atoms with E-state index in [2.05, 4.69) is 215 Å². The van der Waals surface area contributed by atoms with Crippen molar-refractivity contribution in [2.45, 2.75) is 0 Å². The maximum absolute atomic E-state index is 2.47. The molecule has 0 saturated carbocycles. The Kier molecular flexibility index (Phi) is 6.66. The first kappa shape index (κ1) is 31.0. The zero-order valence-corrected chi connectivity index (χ0v) is 30.5. The second-order valence-corrected chi connectivity index (χ2v) is 14.8. The van der Waals surface area contributed by atoms with Crippen LogP contribution in [0.25, 0.3) is 110 Å². The van der Waals surface area contributed by atoms with Gasteiger partial charge in [0, 0.05) is 32.9 Å². The minimum Gasteiger partial charge on any atom is -0.309 e. The minimum absolute atomic E-state index is 1.14. The Labute approximate surface area is 323 Å². The van der Waals surface area contributed by atoms with Crippen LogP contribution in [0.2, 0.25) is 0 Å². The van der Waals surface area contributed by atoms with Crippen LogP contribution in [0, 0.1) is 0 Å². The summed E-state index contributed by atoms with van der Waals surface area (Å²) in [6, 6.07) is 75.8. The quantitative estimate of drug-likeness (QED) is 0.127. The average Bonchev–Trinajstić information content (AvgIpc) is 3.76. The third kappa shape index (κ3) is 4.44. The summed E-state index contributed by atoms with van der Waals surface area (Å²) in [5, 5.41) is 12.6. The summed E-state index contributed by atoms with van der Waals surface area (Å²) < 4.78 is 4.89. The maximum Gasteiger partial charge on any atom is 0.0562 e. The molecule has 2 heteroatoms. The molecule has 12 rings (SSSR count). The fourth-order valence-electron chi connectivity index (χ4n) is 9.51. The molecule has 56 heavy (non-hydrogen) atoms. The molecule has 0 saturated heterocycles. The molecule has 12 aromatic rings. The van der Waals surface area contributed by atoms with Gasteiger partial charge in [-0.25, -0.2) is 0 Å². The molecule has 0 aliphatic heterocycles. The molecule has 0 atom stereocenters. The molecule has 0 N–H and O–H groups in total. The zero-order valence-electron chi connectivity index (χ0n) is 30.5. The van der Waals surface area contributed by atoms with Crippen molar-refractivity contribution in [3.8, 4) is 33.6 Å². The molecule has 0 amide bonds. The van der Waals surface area contributed by atoms with E-state index in [0.29, 0.717) is 0 Å². The van der Waals surface area contributed by atoms with Gasteiger partial charge in [-0.2, -0.15) is 0 Å². The van der Waals surface area contributed by atoms with Crippen LogP contribution in [0.4, 0.5) is 0 Å². The average molecular weight is 711 g/mol. The highest BCUT2D eigenvalue weighted by Crippen LogP contribution is 2.47. The largest absolute Gasteiger partial charge is 0.309 e. The van der Waals surface area contributed by atoms with Crippen LogP contribution in [-0.2, 0) is 0 Å². The van der Waals surface area contributed by atoms with Crippen LogP contribution in [0.15, 0.2) is 206 Å². The van der Waals surface area contributed by atoms with Crippen molar-refractivity contribution in [3.63, 3.8) is 0 Å². The van der Waals surface area contributed by atoms with Crippen LogP contribution in [-0.4, -0.2) is 9.13 Å². The second-order valence-electron chi connectivity index (χ2n) is 14.8. The van der Waals surface area contributed by atoms with Crippen LogP contribution in [0.1, 0.15) is 0 Å². The van der Waals surface area contributed by atoms with Crippen LogP contribution < -0.4 is 0 Å². The highest BCUT2D eigenvalue weighted by Gasteiger charge is 2.22. The lowest BCUT2D eigenvalue weighted by molar-refractivity contribution is 1.16. The molecule has 0 radical (unpaired) electrons. The third-order valence-corrected chi connectivity index (χ3v) is 11.9. The molecule has 0 unspecified atom stereocenters. The van der Waals surface area contributed by atoms with Gasteiger partial charge in [-0.3, -0.25) is 0 Å². The van der Waals surface area contributed by atoms with E-state index in [-0.39, 0.29) is 0 Å². The summed E-state index contributed by atoms with van der Waals surface area (Å²) in [7, 11) is 0. The predicted octanol–water partition coefficient (Wildman–Crippen LogP) is 14.7. The van der Waals surface area contributed by atoms with Gasteiger partial charge in [0.15, 0.2) is 0 Å². The Balaban J connectivity index is 1.22. The predicted molar refractivity (Wildman–Crippen MR) is 239 cm³/mol. The van der Waals surface area contributed by atoms with Gasteiger partial charge in [0.1, 0.15) is 0 Å². The molecular formula is C54H34N2. The smallest absolute Gasteiger partial charge is 0.0562 e. The number of hydrogen-bond donors (Lipinski definition) is 0. The summed E-state index contributed by atoms with van der Waals surface area (Å²) in [6.07, 6.45) is 0.